The Hall–Kier alpha value is -2.36. The number of carbonyl (C=O) groups excluding carboxylic acids is 1. The van der Waals surface area contributed by atoms with Crippen LogP contribution in [-0.4, -0.2) is 30.5 Å². The SMILES string of the molecule is Cc1cc(N2CCCC(CNC(=O)c3ccccc3)C2)ccn1. The van der Waals surface area contributed by atoms with E-state index in [2.05, 4.69) is 27.3 Å². The van der Waals surface area contributed by atoms with Gasteiger partial charge in [-0.05, 0) is 49.9 Å². The highest BCUT2D eigenvalue weighted by Crippen LogP contribution is 2.23. The molecule has 0 aliphatic carbocycles. The van der Waals surface area contributed by atoms with Gasteiger partial charge in [0.05, 0.1) is 0 Å². The van der Waals surface area contributed by atoms with E-state index in [1.54, 1.807) is 0 Å². The molecule has 0 radical (unpaired) electrons. The third-order valence-electron chi connectivity index (χ3n) is 4.35. The zero-order chi connectivity index (χ0) is 16.1. The van der Waals surface area contributed by atoms with Crippen molar-refractivity contribution in [1.29, 1.82) is 0 Å². The summed E-state index contributed by atoms with van der Waals surface area (Å²) in [6.07, 6.45) is 4.19. The lowest BCUT2D eigenvalue weighted by molar-refractivity contribution is 0.0945. The summed E-state index contributed by atoms with van der Waals surface area (Å²) in [5, 5.41) is 3.07. The van der Waals surface area contributed by atoms with E-state index in [0.717, 1.165) is 43.7 Å². The molecule has 1 aliphatic heterocycles. The molecule has 2 heterocycles. The maximum Gasteiger partial charge on any atom is 0.251 e. The summed E-state index contributed by atoms with van der Waals surface area (Å²) in [6.45, 7) is 4.81. The fourth-order valence-corrected chi connectivity index (χ4v) is 3.12. The standard InChI is InChI=1S/C19H23N3O/c1-15-12-18(9-10-20-15)22-11-5-6-16(14-22)13-21-19(23)17-7-3-2-4-8-17/h2-4,7-10,12,16H,5-6,11,13-14H2,1H3,(H,21,23). The minimum Gasteiger partial charge on any atom is -0.371 e. The molecule has 1 atom stereocenters. The van der Waals surface area contributed by atoms with E-state index < -0.39 is 0 Å². The summed E-state index contributed by atoms with van der Waals surface area (Å²) in [4.78, 5) is 18.8. The molecule has 0 saturated carbocycles. The van der Waals surface area contributed by atoms with Crippen LogP contribution >= 0.6 is 0 Å². The normalized spacial score (nSPS) is 17.8. The monoisotopic (exact) mass is 309 g/mol. The van der Waals surface area contributed by atoms with E-state index in [4.69, 9.17) is 0 Å². The smallest absolute Gasteiger partial charge is 0.251 e. The second-order valence-corrected chi connectivity index (χ2v) is 6.19. The maximum atomic E-state index is 12.2. The Morgan fingerprint density at radius 2 is 2.13 bits per heavy atom. The number of piperidine rings is 1. The lowest BCUT2D eigenvalue weighted by Crippen LogP contribution is -2.41. The lowest BCUT2D eigenvalue weighted by atomic mass is 9.97. The third-order valence-corrected chi connectivity index (χ3v) is 4.35. The van der Waals surface area contributed by atoms with Gasteiger partial charge in [-0.15, -0.1) is 0 Å². The van der Waals surface area contributed by atoms with Crippen LogP contribution in [0.3, 0.4) is 0 Å². The van der Waals surface area contributed by atoms with Crippen molar-refractivity contribution >= 4 is 11.6 Å². The van der Waals surface area contributed by atoms with Crippen LogP contribution in [0.5, 0.6) is 0 Å². The average Bonchev–Trinajstić information content (AvgIpc) is 2.61. The van der Waals surface area contributed by atoms with E-state index in [1.165, 1.54) is 5.69 Å². The first-order valence-corrected chi connectivity index (χ1v) is 8.23. The van der Waals surface area contributed by atoms with Gasteiger partial charge in [0, 0.05) is 42.8 Å². The summed E-state index contributed by atoms with van der Waals surface area (Å²) < 4.78 is 0. The predicted molar refractivity (Wildman–Crippen MR) is 92.7 cm³/mol. The van der Waals surface area contributed by atoms with Gasteiger partial charge < -0.3 is 10.2 Å². The minimum absolute atomic E-state index is 0.0162. The molecule has 0 spiro atoms. The van der Waals surface area contributed by atoms with Crippen molar-refractivity contribution in [2.45, 2.75) is 19.8 Å². The van der Waals surface area contributed by atoms with Crippen LogP contribution < -0.4 is 10.2 Å². The zero-order valence-corrected chi connectivity index (χ0v) is 13.5. The van der Waals surface area contributed by atoms with Gasteiger partial charge in [0.2, 0.25) is 0 Å². The number of pyridine rings is 1. The predicted octanol–water partition coefficient (Wildman–Crippen LogP) is 3.04. The van der Waals surface area contributed by atoms with E-state index >= 15 is 0 Å². The fourth-order valence-electron chi connectivity index (χ4n) is 3.12. The number of carbonyl (C=O) groups is 1. The van der Waals surface area contributed by atoms with Crippen molar-refractivity contribution in [3.05, 3.63) is 59.9 Å². The highest BCUT2D eigenvalue weighted by atomic mass is 16.1. The molecule has 1 aromatic carbocycles. The van der Waals surface area contributed by atoms with Crippen LogP contribution in [0.15, 0.2) is 48.7 Å². The second-order valence-electron chi connectivity index (χ2n) is 6.19. The highest BCUT2D eigenvalue weighted by molar-refractivity contribution is 5.94. The number of benzene rings is 1. The molecule has 1 aliphatic rings. The van der Waals surface area contributed by atoms with Crippen LogP contribution in [0.2, 0.25) is 0 Å². The molecular weight excluding hydrogens is 286 g/mol. The van der Waals surface area contributed by atoms with Crippen molar-refractivity contribution in [3.8, 4) is 0 Å². The molecule has 3 rings (SSSR count). The van der Waals surface area contributed by atoms with Gasteiger partial charge in [0.1, 0.15) is 0 Å². The van der Waals surface area contributed by atoms with Crippen molar-refractivity contribution in [3.63, 3.8) is 0 Å². The number of aromatic nitrogens is 1. The number of aryl methyl sites for hydroxylation is 1. The molecule has 1 aromatic heterocycles. The molecule has 1 unspecified atom stereocenters. The highest BCUT2D eigenvalue weighted by Gasteiger charge is 2.21. The summed E-state index contributed by atoms with van der Waals surface area (Å²) in [5.74, 6) is 0.507. The largest absolute Gasteiger partial charge is 0.371 e. The molecule has 1 fully saturated rings. The molecule has 1 saturated heterocycles. The number of nitrogens with one attached hydrogen (secondary N) is 1. The summed E-state index contributed by atoms with van der Waals surface area (Å²) in [7, 11) is 0. The van der Waals surface area contributed by atoms with E-state index in [0.29, 0.717) is 5.92 Å². The number of nitrogens with zero attached hydrogens (tertiary/aromatic N) is 2. The van der Waals surface area contributed by atoms with Crippen LogP contribution in [-0.2, 0) is 0 Å². The van der Waals surface area contributed by atoms with Crippen LogP contribution in [0.1, 0.15) is 28.9 Å². The molecule has 120 valence electrons. The Balaban J connectivity index is 1.56. The fraction of sp³-hybridized carbons (Fsp3) is 0.368. The Bertz CT molecular complexity index is 657. The van der Waals surface area contributed by atoms with E-state index in [1.807, 2.05) is 43.5 Å². The van der Waals surface area contributed by atoms with Crippen molar-refractivity contribution in [2.24, 2.45) is 5.92 Å². The van der Waals surface area contributed by atoms with Gasteiger partial charge in [0.15, 0.2) is 0 Å². The molecule has 4 heteroatoms. The maximum absolute atomic E-state index is 12.2. The first kappa shape index (κ1) is 15.5. The number of rotatable bonds is 4. The van der Waals surface area contributed by atoms with Crippen LogP contribution in [0.25, 0.3) is 0 Å². The first-order valence-electron chi connectivity index (χ1n) is 8.23. The summed E-state index contributed by atoms with van der Waals surface area (Å²) in [5.41, 5.74) is 3.00. The first-order chi connectivity index (χ1) is 11.2. The zero-order valence-electron chi connectivity index (χ0n) is 13.5. The third kappa shape index (κ3) is 4.09. The summed E-state index contributed by atoms with van der Waals surface area (Å²) in [6, 6.07) is 13.6. The number of amides is 1. The summed E-state index contributed by atoms with van der Waals surface area (Å²) >= 11 is 0. The van der Waals surface area contributed by atoms with Crippen molar-refractivity contribution in [2.75, 3.05) is 24.5 Å². The Labute approximate surface area is 137 Å². The molecule has 2 aromatic rings. The Kier molecular flexibility index (Phi) is 4.91. The average molecular weight is 309 g/mol. The lowest BCUT2D eigenvalue weighted by Gasteiger charge is -2.34. The quantitative estimate of drug-likeness (QED) is 0.944. The van der Waals surface area contributed by atoms with Crippen LogP contribution in [0, 0.1) is 12.8 Å². The minimum atomic E-state index is 0.0162. The number of anilines is 1. The molecule has 1 amide bonds. The number of hydrogen-bond donors (Lipinski definition) is 1. The Morgan fingerprint density at radius 3 is 2.91 bits per heavy atom. The van der Waals surface area contributed by atoms with Crippen molar-refractivity contribution in [1.82, 2.24) is 10.3 Å². The molecule has 23 heavy (non-hydrogen) atoms. The van der Waals surface area contributed by atoms with Gasteiger partial charge in [-0.3, -0.25) is 9.78 Å². The molecule has 4 nitrogen and oxygen atoms in total. The second kappa shape index (κ2) is 7.27. The van der Waals surface area contributed by atoms with E-state index in [9.17, 15) is 4.79 Å². The van der Waals surface area contributed by atoms with E-state index in [-0.39, 0.29) is 5.91 Å². The Morgan fingerprint density at radius 1 is 1.30 bits per heavy atom. The van der Waals surface area contributed by atoms with Gasteiger partial charge in [-0.25, -0.2) is 0 Å². The van der Waals surface area contributed by atoms with Gasteiger partial charge in [-0.1, -0.05) is 18.2 Å². The van der Waals surface area contributed by atoms with Gasteiger partial charge >= 0.3 is 0 Å². The van der Waals surface area contributed by atoms with Crippen LogP contribution in [0.4, 0.5) is 5.69 Å². The van der Waals surface area contributed by atoms with Gasteiger partial charge in [0.25, 0.3) is 5.91 Å². The topological polar surface area (TPSA) is 45.2 Å². The van der Waals surface area contributed by atoms with Gasteiger partial charge in [-0.2, -0.15) is 0 Å². The van der Waals surface area contributed by atoms with Crippen molar-refractivity contribution < 1.29 is 4.79 Å². The number of hydrogen-bond acceptors (Lipinski definition) is 3. The molecular formula is C19H23N3O. The molecule has 0 bridgehead atoms. The molecule has 1 N–H and O–H groups in total.